The normalized spacial score (nSPS) is 28.2. The predicted molar refractivity (Wildman–Crippen MR) is 136 cm³/mol. The minimum absolute atomic E-state index is 0.0518. The number of aromatic nitrogens is 2. The Kier molecular flexibility index (Phi) is 6.22. The quantitative estimate of drug-likeness (QED) is 0.408. The van der Waals surface area contributed by atoms with Gasteiger partial charge in [0.1, 0.15) is 16.9 Å². The Labute approximate surface area is 231 Å². The van der Waals surface area contributed by atoms with Crippen LogP contribution in [-0.4, -0.2) is 71.1 Å². The number of rotatable bonds is 4. The molecule has 5 aliphatic rings. The lowest BCUT2D eigenvalue weighted by molar-refractivity contribution is -0.138. The molecule has 2 unspecified atom stereocenters. The highest BCUT2D eigenvalue weighted by Gasteiger charge is 2.52. The maximum absolute atomic E-state index is 15.5. The molecule has 7 rings (SSSR count). The van der Waals surface area contributed by atoms with E-state index < -0.39 is 33.7 Å². The van der Waals surface area contributed by atoms with E-state index in [1.54, 1.807) is 25.7 Å². The maximum atomic E-state index is 15.5. The molecule has 8 nitrogen and oxygen atoms in total. The largest absolute Gasteiger partial charge is 0.463 e. The molecule has 5 fully saturated rings. The summed E-state index contributed by atoms with van der Waals surface area (Å²) in [4.78, 5) is 25.1. The van der Waals surface area contributed by atoms with Gasteiger partial charge < -0.3 is 24.0 Å². The molecule has 4 aliphatic heterocycles. The summed E-state index contributed by atoms with van der Waals surface area (Å²) >= 11 is 2.79. The van der Waals surface area contributed by atoms with Gasteiger partial charge in [0.25, 0.3) is 0 Å². The standard InChI is InChI=1S/C26H29BrF4N4O4/c1-24(2,3)39-23(36)34-9-13-4-5-14(10-34)35(13)21-16-6-17(26(29,30)31)18(27)19(28)20(16)32-22(33-21)38-12-25-7-15(8-25)37-11-25/h6,13-15H,4-5,7-12H2,1-3H3. The summed E-state index contributed by atoms with van der Waals surface area (Å²) in [6.45, 7) is 6.81. The van der Waals surface area contributed by atoms with Gasteiger partial charge in [-0.15, -0.1) is 0 Å². The molecule has 1 saturated carbocycles. The zero-order valence-corrected chi connectivity index (χ0v) is 23.4. The Balaban J connectivity index is 1.39. The third-order valence-corrected chi connectivity index (χ3v) is 8.74. The van der Waals surface area contributed by atoms with E-state index in [0.717, 1.165) is 18.9 Å². The highest BCUT2D eigenvalue weighted by molar-refractivity contribution is 9.10. The van der Waals surface area contributed by atoms with Crippen LogP contribution in [0.25, 0.3) is 10.9 Å². The maximum Gasteiger partial charge on any atom is 0.417 e. The second-order valence-electron chi connectivity index (χ2n) is 12.1. The summed E-state index contributed by atoms with van der Waals surface area (Å²) < 4.78 is 73.4. The van der Waals surface area contributed by atoms with Crippen molar-refractivity contribution in [3.63, 3.8) is 0 Å². The van der Waals surface area contributed by atoms with Crippen molar-refractivity contribution in [2.45, 2.75) is 76.4 Å². The van der Waals surface area contributed by atoms with Crippen LogP contribution in [0.2, 0.25) is 0 Å². The molecule has 1 aromatic carbocycles. The van der Waals surface area contributed by atoms with Crippen LogP contribution in [-0.2, 0) is 15.7 Å². The van der Waals surface area contributed by atoms with E-state index in [4.69, 9.17) is 14.2 Å². The monoisotopic (exact) mass is 616 g/mol. The number of amides is 1. The second-order valence-corrected chi connectivity index (χ2v) is 12.9. The molecule has 1 aliphatic carbocycles. The predicted octanol–water partition coefficient (Wildman–Crippen LogP) is 5.70. The summed E-state index contributed by atoms with van der Waals surface area (Å²) in [7, 11) is 0. The van der Waals surface area contributed by atoms with Crippen LogP contribution in [0.5, 0.6) is 6.01 Å². The highest BCUT2D eigenvalue weighted by atomic mass is 79.9. The van der Waals surface area contributed by atoms with Crippen LogP contribution in [0.4, 0.5) is 28.2 Å². The van der Waals surface area contributed by atoms with Crippen molar-refractivity contribution in [2.75, 3.05) is 31.2 Å². The molecule has 2 aromatic rings. The molecule has 0 spiro atoms. The number of benzene rings is 1. The first-order chi connectivity index (χ1) is 18.2. The zero-order valence-electron chi connectivity index (χ0n) is 21.8. The molecular formula is C26H29BrF4N4O4. The van der Waals surface area contributed by atoms with Gasteiger partial charge in [-0.1, -0.05) is 0 Å². The Hall–Kier alpha value is -2.41. The summed E-state index contributed by atoms with van der Waals surface area (Å²) in [6.07, 6.45) is -1.90. The summed E-state index contributed by atoms with van der Waals surface area (Å²) in [5.41, 5.74) is -2.20. The van der Waals surface area contributed by atoms with E-state index in [1.807, 2.05) is 4.90 Å². The van der Waals surface area contributed by atoms with E-state index in [9.17, 15) is 18.0 Å². The number of carbonyl (C=O) groups excluding carboxylic acids is 1. The number of likely N-dealkylation sites (tertiary alicyclic amines) is 1. The third kappa shape index (κ3) is 4.79. The minimum Gasteiger partial charge on any atom is -0.463 e. The van der Waals surface area contributed by atoms with E-state index in [2.05, 4.69) is 25.9 Å². The number of alkyl halides is 3. The lowest BCUT2D eigenvalue weighted by Crippen LogP contribution is -2.56. The molecule has 5 heterocycles. The Bertz CT molecular complexity index is 1310. The smallest absolute Gasteiger partial charge is 0.417 e. The van der Waals surface area contributed by atoms with Crippen molar-refractivity contribution in [2.24, 2.45) is 5.41 Å². The zero-order chi connectivity index (χ0) is 27.9. The molecule has 2 atom stereocenters. The second kappa shape index (κ2) is 9.05. The molecule has 0 N–H and O–H groups in total. The average molecular weight is 617 g/mol. The van der Waals surface area contributed by atoms with Crippen molar-refractivity contribution in [3.8, 4) is 6.01 Å². The molecule has 4 saturated heterocycles. The fourth-order valence-electron chi connectivity index (χ4n) is 6.17. The van der Waals surface area contributed by atoms with Crippen molar-refractivity contribution in [3.05, 3.63) is 21.9 Å². The van der Waals surface area contributed by atoms with Crippen LogP contribution in [0, 0.1) is 11.2 Å². The lowest BCUT2D eigenvalue weighted by atomic mass is 9.71. The number of fused-ring (bicyclic) bond motifs is 4. The van der Waals surface area contributed by atoms with Gasteiger partial charge in [-0.05, 0) is 68.5 Å². The molecule has 0 radical (unpaired) electrons. The van der Waals surface area contributed by atoms with Crippen LogP contribution < -0.4 is 9.64 Å². The Morgan fingerprint density at radius 3 is 2.41 bits per heavy atom. The van der Waals surface area contributed by atoms with Crippen molar-refractivity contribution < 1.29 is 36.6 Å². The molecule has 1 amide bonds. The van der Waals surface area contributed by atoms with Crippen molar-refractivity contribution in [1.29, 1.82) is 0 Å². The summed E-state index contributed by atoms with van der Waals surface area (Å²) in [6, 6.07) is 0.318. The number of halogens is 5. The van der Waals surface area contributed by atoms with Crippen LogP contribution in [0.3, 0.4) is 0 Å². The fraction of sp³-hybridized carbons (Fsp3) is 0.654. The molecule has 4 bridgehead atoms. The van der Waals surface area contributed by atoms with E-state index in [-0.39, 0.29) is 52.9 Å². The molecule has 1 aromatic heterocycles. The van der Waals surface area contributed by atoms with Gasteiger partial charge in [0, 0.05) is 36.0 Å². The first-order valence-electron chi connectivity index (χ1n) is 13.0. The van der Waals surface area contributed by atoms with Gasteiger partial charge in [-0.25, -0.2) is 9.18 Å². The van der Waals surface area contributed by atoms with Gasteiger partial charge in [0.05, 0.1) is 29.4 Å². The SMILES string of the molecule is CC(C)(C)OC(=O)N1CC2CCC(C1)N2c1nc(OCC23COC(C2)C3)nc2c(F)c(Br)c(C(F)(F)F)cc12. The van der Waals surface area contributed by atoms with E-state index in [0.29, 0.717) is 32.5 Å². The van der Waals surface area contributed by atoms with Crippen LogP contribution >= 0.6 is 15.9 Å². The average Bonchev–Trinajstić information content (AvgIpc) is 3.49. The molecular weight excluding hydrogens is 588 g/mol. The summed E-state index contributed by atoms with van der Waals surface area (Å²) in [5.74, 6) is -0.950. The van der Waals surface area contributed by atoms with Gasteiger partial charge in [-0.3, -0.25) is 0 Å². The van der Waals surface area contributed by atoms with E-state index >= 15 is 4.39 Å². The number of piperazine rings is 1. The Morgan fingerprint density at radius 2 is 1.85 bits per heavy atom. The summed E-state index contributed by atoms with van der Waals surface area (Å²) in [5, 5.41) is -0.0518. The van der Waals surface area contributed by atoms with Gasteiger partial charge in [-0.2, -0.15) is 23.1 Å². The molecule has 39 heavy (non-hydrogen) atoms. The molecule has 212 valence electrons. The van der Waals surface area contributed by atoms with Gasteiger partial charge in [0.15, 0.2) is 5.82 Å². The van der Waals surface area contributed by atoms with Gasteiger partial charge >= 0.3 is 18.3 Å². The number of hydrogen-bond acceptors (Lipinski definition) is 7. The number of hydrogen-bond donors (Lipinski definition) is 0. The third-order valence-electron chi connectivity index (χ3n) is 7.97. The van der Waals surface area contributed by atoms with Crippen LogP contribution in [0.1, 0.15) is 52.0 Å². The van der Waals surface area contributed by atoms with Crippen LogP contribution in [0.15, 0.2) is 10.5 Å². The first-order valence-corrected chi connectivity index (χ1v) is 13.8. The highest BCUT2D eigenvalue weighted by Crippen LogP contribution is 2.50. The fourth-order valence-corrected chi connectivity index (χ4v) is 6.70. The first kappa shape index (κ1) is 26.8. The van der Waals surface area contributed by atoms with Crippen molar-refractivity contribution >= 4 is 38.7 Å². The van der Waals surface area contributed by atoms with Crippen molar-refractivity contribution in [1.82, 2.24) is 14.9 Å². The lowest BCUT2D eigenvalue weighted by Gasteiger charge is -2.42. The number of ether oxygens (including phenoxy) is 3. The van der Waals surface area contributed by atoms with Gasteiger partial charge in [0.2, 0.25) is 0 Å². The topological polar surface area (TPSA) is 77.0 Å². The number of anilines is 1. The minimum atomic E-state index is -4.79. The number of carbonyl (C=O) groups is 1. The molecule has 13 heteroatoms. The van der Waals surface area contributed by atoms with E-state index in [1.165, 1.54) is 0 Å². The number of nitrogens with zero attached hydrogens (tertiary/aromatic N) is 4. The Morgan fingerprint density at radius 1 is 1.18 bits per heavy atom.